The molecule has 0 spiro atoms. The third kappa shape index (κ3) is 3.54. The standard InChI is InChI=1S/C17H20N2O2S/c1-13-10-11-14(2)16(12-13)22(20,21)18-17(19(3)4)15-8-6-5-7-9-15/h5-12H,1-4H3/b18-17-. The van der Waals surface area contributed by atoms with E-state index >= 15 is 0 Å². The molecule has 5 heteroatoms. The Balaban J connectivity index is 2.59. The Morgan fingerprint density at radius 1 is 1.00 bits per heavy atom. The van der Waals surface area contributed by atoms with Gasteiger partial charge >= 0.3 is 0 Å². The summed E-state index contributed by atoms with van der Waals surface area (Å²) < 4.78 is 29.4. The zero-order valence-corrected chi connectivity index (χ0v) is 14.1. The van der Waals surface area contributed by atoms with Crippen molar-refractivity contribution in [1.82, 2.24) is 4.90 Å². The van der Waals surface area contributed by atoms with E-state index in [1.807, 2.05) is 43.3 Å². The minimum Gasteiger partial charge on any atom is -0.362 e. The summed E-state index contributed by atoms with van der Waals surface area (Å²) >= 11 is 0. The number of hydrogen-bond acceptors (Lipinski definition) is 2. The van der Waals surface area contributed by atoms with Gasteiger partial charge in [-0.05, 0) is 31.0 Å². The van der Waals surface area contributed by atoms with Crippen LogP contribution in [0.1, 0.15) is 16.7 Å². The third-order valence-electron chi connectivity index (χ3n) is 3.28. The van der Waals surface area contributed by atoms with Crippen LogP contribution in [0.4, 0.5) is 0 Å². The van der Waals surface area contributed by atoms with E-state index in [-0.39, 0.29) is 4.90 Å². The number of benzene rings is 2. The van der Waals surface area contributed by atoms with Crippen molar-refractivity contribution in [2.45, 2.75) is 18.7 Å². The molecule has 2 aromatic carbocycles. The molecule has 4 nitrogen and oxygen atoms in total. The number of rotatable bonds is 3. The smallest absolute Gasteiger partial charge is 0.284 e. The maximum absolute atomic E-state index is 12.7. The monoisotopic (exact) mass is 316 g/mol. The molecule has 0 fully saturated rings. The van der Waals surface area contributed by atoms with Crippen molar-refractivity contribution < 1.29 is 8.42 Å². The van der Waals surface area contributed by atoms with Crippen LogP contribution in [0.2, 0.25) is 0 Å². The Hall–Kier alpha value is -2.14. The number of nitrogens with zero attached hydrogens (tertiary/aromatic N) is 2. The van der Waals surface area contributed by atoms with E-state index in [2.05, 4.69) is 4.40 Å². The van der Waals surface area contributed by atoms with Crippen LogP contribution in [-0.4, -0.2) is 33.2 Å². The second-order valence-corrected chi connectivity index (χ2v) is 6.99. The summed E-state index contributed by atoms with van der Waals surface area (Å²) in [7, 11) is -0.195. The lowest BCUT2D eigenvalue weighted by Crippen LogP contribution is -2.24. The molecule has 0 amide bonds. The predicted octanol–water partition coefficient (Wildman–Crippen LogP) is 3.00. The molecule has 0 N–H and O–H groups in total. The molecule has 0 heterocycles. The van der Waals surface area contributed by atoms with Crippen molar-refractivity contribution in [3.8, 4) is 0 Å². The fourth-order valence-electron chi connectivity index (χ4n) is 2.13. The van der Waals surface area contributed by atoms with E-state index in [4.69, 9.17) is 0 Å². The molecule has 116 valence electrons. The van der Waals surface area contributed by atoms with Crippen molar-refractivity contribution in [3.63, 3.8) is 0 Å². The van der Waals surface area contributed by atoms with Crippen LogP contribution in [0, 0.1) is 13.8 Å². The lowest BCUT2D eigenvalue weighted by atomic mass is 10.2. The Bertz CT molecular complexity index is 795. The Morgan fingerprint density at radius 3 is 2.23 bits per heavy atom. The zero-order chi connectivity index (χ0) is 16.3. The maximum Gasteiger partial charge on any atom is 0.284 e. The Kier molecular flexibility index (Phi) is 4.66. The lowest BCUT2D eigenvalue weighted by Gasteiger charge is -2.16. The summed E-state index contributed by atoms with van der Waals surface area (Å²) in [5.74, 6) is 0.418. The fraction of sp³-hybridized carbons (Fsp3) is 0.235. The van der Waals surface area contributed by atoms with Crippen LogP contribution >= 0.6 is 0 Å². The topological polar surface area (TPSA) is 49.7 Å². The van der Waals surface area contributed by atoms with E-state index in [0.717, 1.165) is 11.1 Å². The molecule has 0 radical (unpaired) electrons. The van der Waals surface area contributed by atoms with Crippen LogP contribution in [0.3, 0.4) is 0 Å². The molecule has 2 rings (SSSR count). The molecule has 22 heavy (non-hydrogen) atoms. The molecule has 0 aliphatic carbocycles. The largest absolute Gasteiger partial charge is 0.362 e. The minimum absolute atomic E-state index is 0.253. The Morgan fingerprint density at radius 2 is 1.64 bits per heavy atom. The highest BCUT2D eigenvalue weighted by molar-refractivity contribution is 7.90. The van der Waals surface area contributed by atoms with E-state index < -0.39 is 10.0 Å². The fourth-order valence-corrected chi connectivity index (χ4v) is 3.53. The lowest BCUT2D eigenvalue weighted by molar-refractivity contribution is 0.591. The van der Waals surface area contributed by atoms with Gasteiger partial charge in [0.2, 0.25) is 0 Å². The first-order valence-electron chi connectivity index (χ1n) is 6.96. The number of sulfonamides is 1. The highest BCUT2D eigenvalue weighted by Gasteiger charge is 2.19. The molecule has 0 unspecified atom stereocenters. The van der Waals surface area contributed by atoms with Crippen LogP contribution in [0.15, 0.2) is 57.8 Å². The molecule has 0 aliphatic heterocycles. The average molecular weight is 316 g/mol. The van der Waals surface area contributed by atoms with Gasteiger partial charge in [0.15, 0.2) is 0 Å². The van der Waals surface area contributed by atoms with Gasteiger partial charge in [0, 0.05) is 19.7 Å². The van der Waals surface area contributed by atoms with Crippen molar-refractivity contribution >= 4 is 15.9 Å². The predicted molar refractivity (Wildman–Crippen MR) is 89.8 cm³/mol. The maximum atomic E-state index is 12.7. The number of hydrogen-bond donors (Lipinski definition) is 0. The molecular weight excluding hydrogens is 296 g/mol. The average Bonchev–Trinajstić information content (AvgIpc) is 2.48. The molecule has 0 saturated heterocycles. The summed E-state index contributed by atoms with van der Waals surface area (Å²) in [6.45, 7) is 3.64. The molecule has 0 atom stereocenters. The molecule has 0 aliphatic rings. The van der Waals surface area contributed by atoms with E-state index in [9.17, 15) is 8.42 Å². The van der Waals surface area contributed by atoms with E-state index in [1.54, 1.807) is 38.1 Å². The normalized spacial score (nSPS) is 12.3. The summed E-state index contributed by atoms with van der Waals surface area (Å²) in [5.41, 5.74) is 2.35. The van der Waals surface area contributed by atoms with Gasteiger partial charge in [0.05, 0.1) is 4.90 Å². The van der Waals surface area contributed by atoms with Crippen molar-refractivity contribution in [3.05, 3.63) is 65.2 Å². The summed E-state index contributed by atoms with van der Waals surface area (Å²) in [6, 6.07) is 14.6. The van der Waals surface area contributed by atoms with Crippen LogP contribution in [0.25, 0.3) is 0 Å². The molecule has 0 bridgehead atoms. The molecular formula is C17H20N2O2S. The molecule has 0 aromatic heterocycles. The zero-order valence-electron chi connectivity index (χ0n) is 13.2. The molecule has 0 saturated carbocycles. The van der Waals surface area contributed by atoms with Crippen molar-refractivity contribution in [2.24, 2.45) is 4.40 Å². The second-order valence-electron chi connectivity index (χ2n) is 5.42. The van der Waals surface area contributed by atoms with Gasteiger partial charge in [-0.2, -0.15) is 8.42 Å². The van der Waals surface area contributed by atoms with Crippen LogP contribution in [-0.2, 0) is 10.0 Å². The minimum atomic E-state index is -3.76. The quantitative estimate of drug-likeness (QED) is 0.646. The van der Waals surface area contributed by atoms with Gasteiger partial charge < -0.3 is 4.90 Å². The van der Waals surface area contributed by atoms with E-state index in [0.29, 0.717) is 11.4 Å². The van der Waals surface area contributed by atoms with Crippen molar-refractivity contribution in [2.75, 3.05) is 14.1 Å². The first-order chi connectivity index (χ1) is 10.3. The highest BCUT2D eigenvalue weighted by Crippen LogP contribution is 2.20. The van der Waals surface area contributed by atoms with Crippen LogP contribution in [0.5, 0.6) is 0 Å². The second kappa shape index (κ2) is 6.32. The number of aryl methyl sites for hydroxylation is 2. The summed E-state index contributed by atoms with van der Waals surface area (Å²) in [4.78, 5) is 1.96. The van der Waals surface area contributed by atoms with Gasteiger partial charge in [-0.3, -0.25) is 0 Å². The van der Waals surface area contributed by atoms with Gasteiger partial charge in [0.25, 0.3) is 10.0 Å². The summed E-state index contributed by atoms with van der Waals surface area (Å²) in [6.07, 6.45) is 0. The van der Waals surface area contributed by atoms with Gasteiger partial charge in [-0.25, -0.2) is 0 Å². The highest BCUT2D eigenvalue weighted by atomic mass is 32.2. The van der Waals surface area contributed by atoms with Gasteiger partial charge in [0.1, 0.15) is 5.84 Å². The van der Waals surface area contributed by atoms with Gasteiger partial charge in [-0.15, -0.1) is 4.40 Å². The Labute approximate surface area is 132 Å². The summed E-state index contributed by atoms with van der Waals surface area (Å²) in [5, 5.41) is 0. The van der Waals surface area contributed by atoms with Crippen molar-refractivity contribution in [1.29, 1.82) is 0 Å². The number of amidine groups is 1. The van der Waals surface area contributed by atoms with E-state index in [1.165, 1.54) is 0 Å². The molecule has 2 aromatic rings. The first-order valence-corrected chi connectivity index (χ1v) is 8.40. The SMILES string of the molecule is Cc1ccc(C)c(S(=O)(=O)/N=C(/c2ccccc2)N(C)C)c1. The third-order valence-corrected chi connectivity index (χ3v) is 4.69. The first kappa shape index (κ1) is 16.2. The van der Waals surface area contributed by atoms with Gasteiger partial charge in [-0.1, -0.05) is 42.5 Å². The van der Waals surface area contributed by atoms with Crippen LogP contribution < -0.4 is 0 Å².